The first-order valence-electron chi connectivity index (χ1n) is 5.96. The zero-order valence-corrected chi connectivity index (χ0v) is 11.2. The van der Waals surface area contributed by atoms with Crippen LogP contribution in [0, 0.1) is 6.92 Å². The summed E-state index contributed by atoms with van der Waals surface area (Å²) in [7, 11) is 0. The number of amides is 1. The number of rotatable bonds is 5. The minimum absolute atomic E-state index is 0.0879. The van der Waals surface area contributed by atoms with Crippen molar-refractivity contribution in [1.29, 1.82) is 0 Å². The second-order valence-corrected chi connectivity index (χ2v) is 5.43. The molecule has 0 aliphatic heterocycles. The molecule has 1 N–H and O–H groups in total. The Morgan fingerprint density at radius 1 is 1.33 bits per heavy atom. The van der Waals surface area contributed by atoms with E-state index in [-0.39, 0.29) is 5.91 Å². The molecule has 0 saturated heterocycles. The lowest BCUT2D eigenvalue weighted by molar-refractivity contribution is -0.121. The van der Waals surface area contributed by atoms with Crippen molar-refractivity contribution >= 4 is 17.2 Å². The van der Waals surface area contributed by atoms with Crippen molar-refractivity contribution in [2.75, 3.05) is 0 Å². The summed E-state index contributed by atoms with van der Waals surface area (Å²) in [6, 6.07) is 10.1. The monoisotopic (exact) mass is 260 g/mol. The average Bonchev–Trinajstić information content (AvgIpc) is 2.81. The summed E-state index contributed by atoms with van der Waals surface area (Å²) >= 11 is 1.62. The van der Waals surface area contributed by atoms with Crippen LogP contribution in [0.4, 0.5) is 0 Å². The van der Waals surface area contributed by atoms with Gasteiger partial charge in [-0.15, -0.1) is 11.3 Å². The summed E-state index contributed by atoms with van der Waals surface area (Å²) in [5.74, 6) is 0.0879. The highest BCUT2D eigenvalue weighted by molar-refractivity contribution is 7.11. The summed E-state index contributed by atoms with van der Waals surface area (Å²) < 4.78 is 0. The second-order valence-electron chi connectivity index (χ2n) is 4.11. The van der Waals surface area contributed by atoms with Gasteiger partial charge in [-0.05, 0) is 18.9 Å². The van der Waals surface area contributed by atoms with E-state index in [1.54, 1.807) is 11.3 Å². The molecule has 1 aromatic carbocycles. The van der Waals surface area contributed by atoms with Gasteiger partial charge in [-0.3, -0.25) is 4.79 Å². The number of carbonyl (C=O) groups excluding carboxylic acids is 1. The first-order chi connectivity index (χ1) is 8.74. The number of aryl methyl sites for hydroxylation is 2. The molecule has 1 aromatic heterocycles. The molecule has 1 amide bonds. The molecule has 0 spiro atoms. The molecule has 0 aliphatic carbocycles. The normalized spacial score (nSPS) is 10.3. The van der Waals surface area contributed by atoms with Gasteiger partial charge in [-0.2, -0.15) is 0 Å². The predicted octanol–water partition coefficient (Wildman–Crippen LogP) is 2.70. The molecule has 4 heteroatoms. The van der Waals surface area contributed by atoms with E-state index in [1.165, 1.54) is 5.56 Å². The van der Waals surface area contributed by atoms with Crippen LogP contribution in [0.2, 0.25) is 0 Å². The number of hydrogen-bond acceptors (Lipinski definition) is 3. The number of hydrogen-bond donors (Lipinski definition) is 1. The molecule has 0 unspecified atom stereocenters. The number of benzene rings is 1. The van der Waals surface area contributed by atoms with Crippen molar-refractivity contribution in [2.45, 2.75) is 26.3 Å². The zero-order valence-electron chi connectivity index (χ0n) is 10.3. The van der Waals surface area contributed by atoms with Crippen LogP contribution in [0.5, 0.6) is 0 Å². The highest BCUT2D eigenvalue weighted by Crippen LogP contribution is 2.10. The van der Waals surface area contributed by atoms with Crippen molar-refractivity contribution in [1.82, 2.24) is 10.3 Å². The fraction of sp³-hybridized carbons (Fsp3) is 0.286. The Morgan fingerprint density at radius 3 is 2.78 bits per heavy atom. The number of nitrogens with one attached hydrogen (secondary N) is 1. The molecule has 0 aliphatic rings. The summed E-state index contributed by atoms with van der Waals surface area (Å²) in [4.78, 5) is 16.9. The summed E-state index contributed by atoms with van der Waals surface area (Å²) in [5.41, 5.74) is 1.20. The molecule has 2 aromatic rings. The Kier molecular flexibility index (Phi) is 4.47. The van der Waals surface area contributed by atoms with E-state index in [1.807, 2.05) is 43.5 Å². The van der Waals surface area contributed by atoms with Crippen molar-refractivity contribution < 1.29 is 4.79 Å². The molecule has 1 heterocycles. The van der Waals surface area contributed by atoms with Gasteiger partial charge >= 0.3 is 0 Å². The third kappa shape index (κ3) is 3.96. The molecule has 0 atom stereocenters. The number of carbonyl (C=O) groups is 1. The van der Waals surface area contributed by atoms with Crippen LogP contribution in [-0.4, -0.2) is 10.9 Å². The van der Waals surface area contributed by atoms with Gasteiger partial charge in [0.2, 0.25) is 5.91 Å². The lowest BCUT2D eigenvalue weighted by atomic mass is 10.1. The van der Waals surface area contributed by atoms with Crippen LogP contribution in [0.3, 0.4) is 0 Å². The minimum Gasteiger partial charge on any atom is -0.351 e. The van der Waals surface area contributed by atoms with E-state index in [9.17, 15) is 4.79 Å². The number of thiazole rings is 1. The molecule has 0 saturated carbocycles. The third-order valence-electron chi connectivity index (χ3n) is 2.61. The Balaban J connectivity index is 1.73. The van der Waals surface area contributed by atoms with Gasteiger partial charge in [0.05, 0.1) is 11.6 Å². The van der Waals surface area contributed by atoms with E-state index in [0.717, 1.165) is 16.3 Å². The Bertz CT molecular complexity index is 508. The van der Waals surface area contributed by atoms with Gasteiger partial charge in [-0.1, -0.05) is 30.3 Å². The molecule has 0 bridgehead atoms. The van der Waals surface area contributed by atoms with Crippen molar-refractivity contribution in [3.8, 4) is 0 Å². The lowest BCUT2D eigenvalue weighted by Gasteiger charge is -2.03. The Hall–Kier alpha value is -1.68. The topological polar surface area (TPSA) is 42.0 Å². The smallest absolute Gasteiger partial charge is 0.220 e. The van der Waals surface area contributed by atoms with Crippen molar-refractivity contribution in [3.63, 3.8) is 0 Å². The standard InChI is InChI=1S/C14H16N2OS/c1-11-15-9-13(18-11)10-16-14(17)8-7-12-5-3-2-4-6-12/h2-6,9H,7-8,10H2,1H3,(H,16,17). The highest BCUT2D eigenvalue weighted by atomic mass is 32.1. The van der Waals surface area contributed by atoms with Crippen LogP contribution in [0.15, 0.2) is 36.5 Å². The summed E-state index contributed by atoms with van der Waals surface area (Å²) in [6.07, 6.45) is 3.13. The van der Waals surface area contributed by atoms with Gasteiger partial charge in [-0.25, -0.2) is 4.98 Å². The van der Waals surface area contributed by atoms with Gasteiger partial charge in [0.25, 0.3) is 0 Å². The van der Waals surface area contributed by atoms with Crippen LogP contribution >= 0.6 is 11.3 Å². The SMILES string of the molecule is Cc1ncc(CNC(=O)CCc2ccccc2)s1. The number of nitrogens with zero attached hydrogens (tertiary/aromatic N) is 1. The molecule has 2 rings (SSSR count). The maximum absolute atomic E-state index is 11.7. The fourth-order valence-electron chi connectivity index (χ4n) is 1.66. The third-order valence-corrected chi connectivity index (χ3v) is 3.53. The predicted molar refractivity (Wildman–Crippen MR) is 73.5 cm³/mol. The molecule has 3 nitrogen and oxygen atoms in total. The second kappa shape index (κ2) is 6.31. The highest BCUT2D eigenvalue weighted by Gasteiger charge is 2.03. The van der Waals surface area contributed by atoms with E-state index in [4.69, 9.17) is 0 Å². The first-order valence-corrected chi connectivity index (χ1v) is 6.77. The molecule has 18 heavy (non-hydrogen) atoms. The first kappa shape index (κ1) is 12.8. The van der Waals surface area contributed by atoms with E-state index in [0.29, 0.717) is 13.0 Å². The summed E-state index contributed by atoms with van der Waals surface area (Å²) in [5, 5.41) is 3.95. The zero-order chi connectivity index (χ0) is 12.8. The van der Waals surface area contributed by atoms with Crippen LogP contribution in [0.25, 0.3) is 0 Å². The van der Waals surface area contributed by atoms with E-state index in [2.05, 4.69) is 10.3 Å². The van der Waals surface area contributed by atoms with Crippen molar-refractivity contribution in [2.24, 2.45) is 0 Å². The maximum atomic E-state index is 11.7. The van der Waals surface area contributed by atoms with Gasteiger partial charge < -0.3 is 5.32 Å². The Morgan fingerprint density at radius 2 is 2.11 bits per heavy atom. The van der Waals surface area contributed by atoms with E-state index < -0.39 is 0 Å². The summed E-state index contributed by atoms with van der Waals surface area (Å²) in [6.45, 7) is 2.55. The molecule has 0 radical (unpaired) electrons. The van der Waals surface area contributed by atoms with Crippen LogP contribution in [0.1, 0.15) is 21.9 Å². The largest absolute Gasteiger partial charge is 0.351 e. The number of aromatic nitrogens is 1. The van der Waals surface area contributed by atoms with Crippen molar-refractivity contribution in [3.05, 3.63) is 52.0 Å². The maximum Gasteiger partial charge on any atom is 0.220 e. The molecule has 94 valence electrons. The van der Waals surface area contributed by atoms with Crippen LogP contribution < -0.4 is 5.32 Å². The fourth-order valence-corrected chi connectivity index (χ4v) is 2.40. The average molecular weight is 260 g/mol. The Labute approximate surface area is 111 Å². The molecule has 0 fully saturated rings. The minimum atomic E-state index is 0.0879. The lowest BCUT2D eigenvalue weighted by Crippen LogP contribution is -2.22. The quantitative estimate of drug-likeness (QED) is 0.898. The van der Waals surface area contributed by atoms with Gasteiger partial charge in [0.15, 0.2) is 0 Å². The van der Waals surface area contributed by atoms with Crippen LogP contribution in [-0.2, 0) is 17.8 Å². The van der Waals surface area contributed by atoms with Gasteiger partial charge in [0, 0.05) is 17.5 Å². The van der Waals surface area contributed by atoms with E-state index >= 15 is 0 Å². The molecular weight excluding hydrogens is 244 g/mol. The molecular formula is C14H16N2OS. The van der Waals surface area contributed by atoms with Gasteiger partial charge in [0.1, 0.15) is 0 Å².